The average molecular weight is 242 g/mol. The highest BCUT2D eigenvalue weighted by atomic mass is 35.5. The van der Waals surface area contributed by atoms with E-state index >= 15 is 0 Å². The van der Waals surface area contributed by atoms with Crippen molar-refractivity contribution in [3.8, 4) is 5.75 Å². The van der Waals surface area contributed by atoms with Crippen LogP contribution in [0.25, 0.3) is 0 Å². The van der Waals surface area contributed by atoms with Crippen molar-refractivity contribution in [1.82, 2.24) is 0 Å². The third-order valence-electron chi connectivity index (χ3n) is 2.67. The third-order valence-corrected chi connectivity index (χ3v) is 3.14. The number of halogens is 1. The second kappa shape index (κ2) is 4.64. The molecular weight excluding hydrogens is 222 g/mol. The molecule has 1 rings (SSSR count). The Morgan fingerprint density at radius 1 is 1.38 bits per heavy atom. The van der Waals surface area contributed by atoms with Crippen LogP contribution in [0.4, 0.5) is 0 Å². The summed E-state index contributed by atoms with van der Waals surface area (Å²) in [6, 6.07) is 1.97. The summed E-state index contributed by atoms with van der Waals surface area (Å²) in [6.45, 7) is 8.11. The standard InChI is InChI=1S/C13H20ClNO/c1-8-6-11(16-5)12(14)9(2)10(8)7-13(3,4)15/h6H,7,15H2,1-5H3. The average Bonchev–Trinajstić information content (AvgIpc) is 2.17. The first-order chi connectivity index (χ1) is 7.26. The molecule has 0 radical (unpaired) electrons. The van der Waals surface area contributed by atoms with Crippen LogP contribution in [0, 0.1) is 13.8 Å². The molecule has 0 amide bonds. The van der Waals surface area contributed by atoms with Crippen LogP contribution in [0.2, 0.25) is 5.02 Å². The fourth-order valence-electron chi connectivity index (χ4n) is 1.84. The summed E-state index contributed by atoms with van der Waals surface area (Å²) in [4.78, 5) is 0. The molecule has 1 aromatic rings. The molecule has 2 nitrogen and oxygen atoms in total. The van der Waals surface area contributed by atoms with Gasteiger partial charge in [-0.15, -0.1) is 0 Å². The maximum Gasteiger partial charge on any atom is 0.138 e. The Morgan fingerprint density at radius 3 is 2.38 bits per heavy atom. The van der Waals surface area contributed by atoms with Crippen LogP contribution >= 0.6 is 11.6 Å². The molecule has 90 valence electrons. The Labute approximate surface area is 103 Å². The maximum atomic E-state index is 6.23. The van der Waals surface area contributed by atoms with E-state index in [0.29, 0.717) is 5.02 Å². The van der Waals surface area contributed by atoms with Crippen molar-refractivity contribution in [2.75, 3.05) is 7.11 Å². The van der Waals surface area contributed by atoms with E-state index in [4.69, 9.17) is 22.1 Å². The zero-order valence-corrected chi connectivity index (χ0v) is 11.4. The van der Waals surface area contributed by atoms with E-state index in [1.807, 2.05) is 26.8 Å². The molecule has 0 fully saturated rings. The molecule has 0 saturated heterocycles. The van der Waals surface area contributed by atoms with Gasteiger partial charge in [0.2, 0.25) is 0 Å². The van der Waals surface area contributed by atoms with E-state index in [1.165, 1.54) is 11.1 Å². The molecule has 2 N–H and O–H groups in total. The van der Waals surface area contributed by atoms with Crippen LogP contribution in [0.1, 0.15) is 30.5 Å². The Balaban J connectivity index is 3.26. The molecule has 0 aliphatic carbocycles. The van der Waals surface area contributed by atoms with Gasteiger partial charge in [-0.1, -0.05) is 11.6 Å². The van der Waals surface area contributed by atoms with Gasteiger partial charge in [0.1, 0.15) is 5.75 Å². The molecule has 0 atom stereocenters. The Hall–Kier alpha value is -0.730. The molecular formula is C13H20ClNO. The molecule has 0 spiro atoms. The molecule has 0 aliphatic rings. The summed E-state index contributed by atoms with van der Waals surface area (Å²) >= 11 is 6.23. The lowest BCUT2D eigenvalue weighted by molar-refractivity contribution is 0.413. The summed E-state index contributed by atoms with van der Waals surface area (Å²) in [5.74, 6) is 0.732. The van der Waals surface area contributed by atoms with Gasteiger partial charge in [0.15, 0.2) is 0 Å². The van der Waals surface area contributed by atoms with Gasteiger partial charge in [0.05, 0.1) is 12.1 Å². The molecule has 0 bridgehead atoms. The first-order valence-electron chi connectivity index (χ1n) is 5.37. The minimum Gasteiger partial charge on any atom is -0.495 e. The van der Waals surface area contributed by atoms with Gasteiger partial charge in [-0.25, -0.2) is 0 Å². The SMILES string of the molecule is COc1cc(C)c(CC(C)(C)N)c(C)c1Cl. The van der Waals surface area contributed by atoms with E-state index in [9.17, 15) is 0 Å². The lowest BCUT2D eigenvalue weighted by atomic mass is 9.90. The van der Waals surface area contributed by atoms with Gasteiger partial charge < -0.3 is 10.5 Å². The van der Waals surface area contributed by atoms with Crippen LogP contribution in [-0.2, 0) is 6.42 Å². The van der Waals surface area contributed by atoms with Crippen molar-refractivity contribution in [3.63, 3.8) is 0 Å². The molecule has 0 aliphatic heterocycles. The van der Waals surface area contributed by atoms with Crippen LogP contribution in [0.3, 0.4) is 0 Å². The molecule has 0 saturated carbocycles. The highest BCUT2D eigenvalue weighted by Crippen LogP contribution is 2.33. The van der Waals surface area contributed by atoms with Crippen molar-refractivity contribution >= 4 is 11.6 Å². The molecule has 0 heterocycles. The van der Waals surface area contributed by atoms with E-state index in [2.05, 4.69) is 6.92 Å². The predicted octanol–water partition coefficient (Wildman–Crippen LogP) is 3.25. The van der Waals surface area contributed by atoms with E-state index < -0.39 is 0 Å². The summed E-state index contributed by atoms with van der Waals surface area (Å²) in [5, 5.41) is 0.687. The van der Waals surface area contributed by atoms with Gasteiger partial charge in [-0.2, -0.15) is 0 Å². The number of aryl methyl sites for hydroxylation is 1. The second-order valence-electron chi connectivity index (χ2n) is 4.98. The largest absolute Gasteiger partial charge is 0.495 e. The van der Waals surface area contributed by atoms with E-state index in [1.54, 1.807) is 7.11 Å². The van der Waals surface area contributed by atoms with Crippen molar-refractivity contribution in [2.45, 2.75) is 39.7 Å². The van der Waals surface area contributed by atoms with Gasteiger partial charge in [-0.05, 0) is 56.9 Å². The maximum absolute atomic E-state index is 6.23. The normalized spacial score (nSPS) is 11.7. The summed E-state index contributed by atoms with van der Waals surface area (Å²) in [6.07, 6.45) is 0.814. The van der Waals surface area contributed by atoms with Gasteiger partial charge >= 0.3 is 0 Å². The van der Waals surface area contributed by atoms with E-state index in [-0.39, 0.29) is 5.54 Å². The molecule has 3 heteroatoms. The minimum absolute atomic E-state index is 0.229. The Morgan fingerprint density at radius 2 is 1.94 bits per heavy atom. The predicted molar refractivity (Wildman–Crippen MR) is 69.4 cm³/mol. The number of methoxy groups -OCH3 is 1. The van der Waals surface area contributed by atoms with Crippen LogP contribution < -0.4 is 10.5 Å². The number of benzene rings is 1. The number of hydrogen-bond acceptors (Lipinski definition) is 2. The smallest absolute Gasteiger partial charge is 0.138 e. The van der Waals surface area contributed by atoms with Crippen molar-refractivity contribution < 1.29 is 4.74 Å². The number of hydrogen-bond donors (Lipinski definition) is 1. The Kier molecular flexibility index (Phi) is 3.87. The van der Waals surface area contributed by atoms with Gasteiger partial charge in [0.25, 0.3) is 0 Å². The fourth-order valence-corrected chi connectivity index (χ4v) is 2.08. The lowest BCUT2D eigenvalue weighted by Gasteiger charge is -2.22. The first-order valence-corrected chi connectivity index (χ1v) is 5.75. The quantitative estimate of drug-likeness (QED) is 0.882. The number of nitrogens with two attached hydrogens (primary N) is 1. The zero-order chi connectivity index (χ0) is 12.5. The van der Waals surface area contributed by atoms with Gasteiger partial charge in [-0.3, -0.25) is 0 Å². The highest BCUT2D eigenvalue weighted by molar-refractivity contribution is 6.33. The highest BCUT2D eigenvalue weighted by Gasteiger charge is 2.18. The van der Waals surface area contributed by atoms with Crippen molar-refractivity contribution in [3.05, 3.63) is 27.8 Å². The van der Waals surface area contributed by atoms with Crippen LogP contribution in [0.15, 0.2) is 6.07 Å². The summed E-state index contributed by atoms with van der Waals surface area (Å²) in [7, 11) is 1.63. The molecule has 0 unspecified atom stereocenters. The van der Waals surface area contributed by atoms with Crippen LogP contribution in [0.5, 0.6) is 5.75 Å². The van der Waals surface area contributed by atoms with Crippen molar-refractivity contribution in [1.29, 1.82) is 0 Å². The third kappa shape index (κ3) is 2.89. The van der Waals surface area contributed by atoms with Gasteiger partial charge in [0, 0.05) is 5.54 Å². The molecule has 0 aromatic heterocycles. The first kappa shape index (κ1) is 13.3. The second-order valence-corrected chi connectivity index (χ2v) is 5.36. The molecule has 1 aromatic carbocycles. The topological polar surface area (TPSA) is 35.2 Å². The van der Waals surface area contributed by atoms with E-state index in [0.717, 1.165) is 17.7 Å². The monoisotopic (exact) mass is 241 g/mol. The van der Waals surface area contributed by atoms with Crippen LogP contribution in [-0.4, -0.2) is 12.6 Å². The lowest BCUT2D eigenvalue weighted by Crippen LogP contribution is -2.35. The fraction of sp³-hybridized carbons (Fsp3) is 0.538. The minimum atomic E-state index is -0.229. The number of rotatable bonds is 3. The zero-order valence-electron chi connectivity index (χ0n) is 10.6. The Bertz CT molecular complexity index is 394. The molecule has 16 heavy (non-hydrogen) atoms. The summed E-state index contributed by atoms with van der Waals surface area (Å²) < 4.78 is 5.23. The van der Waals surface area contributed by atoms with Crippen molar-refractivity contribution in [2.24, 2.45) is 5.73 Å². The summed E-state index contributed by atoms with van der Waals surface area (Å²) in [5.41, 5.74) is 9.29. The number of ether oxygens (including phenoxy) is 1.